The lowest BCUT2D eigenvalue weighted by Gasteiger charge is -2.24. The second-order valence-corrected chi connectivity index (χ2v) is 6.98. The van der Waals surface area contributed by atoms with Crippen LogP contribution in [-0.2, 0) is 16.6 Å². The number of amides is 1. The summed E-state index contributed by atoms with van der Waals surface area (Å²) in [5.41, 5.74) is 4.55. The van der Waals surface area contributed by atoms with Crippen molar-refractivity contribution < 1.29 is 4.79 Å². The molecular formula is C21H21NO. The molecule has 1 heterocycles. The Morgan fingerprint density at radius 1 is 1.04 bits per heavy atom. The van der Waals surface area contributed by atoms with Crippen LogP contribution >= 0.6 is 0 Å². The average Bonchev–Trinajstić information content (AvgIpc) is 2.88. The van der Waals surface area contributed by atoms with Crippen molar-refractivity contribution in [2.75, 3.05) is 11.9 Å². The van der Waals surface area contributed by atoms with Crippen LogP contribution in [-0.4, -0.2) is 13.0 Å². The molecule has 0 aromatic heterocycles. The molecule has 2 aromatic carbocycles. The zero-order valence-electron chi connectivity index (χ0n) is 13.6. The van der Waals surface area contributed by atoms with Crippen molar-refractivity contribution in [2.45, 2.75) is 25.2 Å². The molecule has 0 spiro atoms. The van der Waals surface area contributed by atoms with E-state index in [2.05, 4.69) is 49.4 Å². The van der Waals surface area contributed by atoms with Gasteiger partial charge < -0.3 is 4.90 Å². The molecule has 0 unspecified atom stereocenters. The summed E-state index contributed by atoms with van der Waals surface area (Å²) in [6, 6.07) is 18.8. The summed E-state index contributed by atoms with van der Waals surface area (Å²) in [6.45, 7) is 2.25. The largest absolute Gasteiger partial charge is 0.311 e. The lowest BCUT2D eigenvalue weighted by Crippen LogP contribution is -2.27. The molecule has 2 aliphatic rings. The minimum absolute atomic E-state index is 0.0515. The SMILES string of the molecule is CN1C(=O)C2=C[C@@](C)(c3ccccc3)C[C@@H]2Cc2ccccc21. The van der Waals surface area contributed by atoms with Crippen LogP contribution in [0.4, 0.5) is 5.69 Å². The van der Waals surface area contributed by atoms with Gasteiger partial charge in [0.05, 0.1) is 0 Å². The molecule has 1 aliphatic heterocycles. The zero-order chi connectivity index (χ0) is 16.0. The molecule has 0 saturated carbocycles. The quantitative estimate of drug-likeness (QED) is 0.776. The Balaban J connectivity index is 1.78. The van der Waals surface area contributed by atoms with Crippen molar-refractivity contribution in [2.24, 2.45) is 5.92 Å². The minimum Gasteiger partial charge on any atom is -0.311 e. The van der Waals surface area contributed by atoms with E-state index in [9.17, 15) is 4.79 Å². The van der Waals surface area contributed by atoms with Gasteiger partial charge in [-0.3, -0.25) is 4.79 Å². The highest BCUT2D eigenvalue weighted by molar-refractivity contribution is 6.07. The molecular weight excluding hydrogens is 282 g/mol. The maximum absolute atomic E-state index is 13.0. The molecule has 0 radical (unpaired) electrons. The van der Waals surface area contributed by atoms with E-state index in [1.165, 1.54) is 11.1 Å². The molecule has 0 saturated heterocycles. The zero-order valence-corrected chi connectivity index (χ0v) is 13.6. The molecule has 0 bridgehead atoms. The highest BCUT2D eigenvalue weighted by atomic mass is 16.2. The fourth-order valence-electron chi connectivity index (χ4n) is 4.16. The van der Waals surface area contributed by atoms with E-state index in [4.69, 9.17) is 0 Å². The van der Waals surface area contributed by atoms with Gasteiger partial charge >= 0.3 is 0 Å². The first kappa shape index (κ1) is 14.3. The molecule has 4 rings (SSSR count). The maximum atomic E-state index is 13.0. The third-order valence-corrected chi connectivity index (χ3v) is 5.39. The third-order valence-electron chi connectivity index (χ3n) is 5.39. The highest BCUT2D eigenvalue weighted by Crippen LogP contribution is 2.46. The van der Waals surface area contributed by atoms with Crippen LogP contribution < -0.4 is 4.90 Å². The number of para-hydroxylation sites is 1. The number of carbonyl (C=O) groups excluding carboxylic acids is 1. The molecule has 0 fully saturated rings. The van der Waals surface area contributed by atoms with Crippen LogP contribution in [0.2, 0.25) is 0 Å². The van der Waals surface area contributed by atoms with Crippen molar-refractivity contribution in [1.82, 2.24) is 0 Å². The van der Waals surface area contributed by atoms with E-state index in [1.807, 2.05) is 30.1 Å². The van der Waals surface area contributed by atoms with Gasteiger partial charge in [0.15, 0.2) is 0 Å². The van der Waals surface area contributed by atoms with E-state index in [0.29, 0.717) is 5.92 Å². The van der Waals surface area contributed by atoms with Gasteiger partial charge in [-0.2, -0.15) is 0 Å². The smallest absolute Gasteiger partial charge is 0.253 e. The summed E-state index contributed by atoms with van der Waals surface area (Å²) in [7, 11) is 1.89. The number of anilines is 1. The molecule has 116 valence electrons. The van der Waals surface area contributed by atoms with Crippen LogP contribution in [0, 0.1) is 5.92 Å². The number of hydrogen-bond acceptors (Lipinski definition) is 1. The summed E-state index contributed by atoms with van der Waals surface area (Å²) in [6.07, 6.45) is 4.17. The topological polar surface area (TPSA) is 20.3 Å². The monoisotopic (exact) mass is 303 g/mol. The van der Waals surface area contributed by atoms with Gasteiger partial charge in [-0.05, 0) is 36.0 Å². The summed E-state index contributed by atoms with van der Waals surface area (Å²) >= 11 is 0. The second kappa shape index (κ2) is 5.09. The standard InChI is InChI=1S/C21H21NO/c1-21(17-9-4-3-5-10-17)13-16-12-15-8-6-7-11-19(15)22(2)20(23)18(16)14-21/h3-11,14,16H,12-13H2,1-2H3/t16-,21-/m0/s1. The number of carbonyl (C=O) groups is 1. The van der Waals surface area contributed by atoms with E-state index in [1.54, 1.807) is 0 Å². The normalized spacial score (nSPS) is 26.3. The fourth-order valence-corrected chi connectivity index (χ4v) is 4.16. The Kier molecular flexibility index (Phi) is 3.15. The van der Waals surface area contributed by atoms with Crippen molar-refractivity contribution in [1.29, 1.82) is 0 Å². The van der Waals surface area contributed by atoms with Gasteiger partial charge in [-0.15, -0.1) is 0 Å². The highest BCUT2D eigenvalue weighted by Gasteiger charge is 2.41. The average molecular weight is 303 g/mol. The Labute approximate surface area is 137 Å². The Hall–Kier alpha value is -2.35. The first-order valence-electron chi connectivity index (χ1n) is 8.23. The number of rotatable bonds is 1. The van der Waals surface area contributed by atoms with Crippen molar-refractivity contribution in [3.63, 3.8) is 0 Å². The minimum atomic E-state index is -0.0515. The predicted octanol–water partition coefficient (Wildman–Crippen LogP) is 4.11. The molecule has 1 amide bonds. The van der Waals surface area contributed by atoms with Crippen LogP contribution in [0.25, 0.3) is 0 Å². The van der Waals surface area contributed by atoms with Crippen molar-refractivity contribution in [3.8, 4) is 0 Å². The van der Waals surface area contributed by atoms with Gasteiger partial charge in [0.2, 0.25) is 0 Å². The number of benzene rings is 2. The van der Waals surface area contributed by atoms with E-state index >= 15 is 0 Å². The van der Waals surface area contributed by atoms with Gasteiger partial charge in [0.1, 0.15) is 0 Å². The molecule has 0 N–H and O–H groups in total. The second-order valence-electron chi connectivity index (χ2n) is 6.98. The fraction of sp³-hybridized carbons (Fsp3) is 0.286. The van der Waals surface area contributed by atoms with E-state index in [-0.39, 0.29) is 11.3 Å². The predicted molar refractivity (Wildman–Crippen MR) is 93.5 cm³/mol. The number of allylic oxidation sites excluding steroid dienone is 1. The molecule has 23 heavy (non-hydrogen) atoms. The van der Waals surface area contributed by atoms with Crippen molar-refractivity contribution in [3.05, 3.63) is 77.4 Å². The Bertz CT molecular complexity index is 792. The van der Waals surface area contributed by atoms with Crippen LogP contribution in [0.5, 0.6) is 0 Å². The molecule has 2 heteroatoms. The molecule has 2 aromatic rings. The number of fused-ring (bicyclic) bond motifs is 2. The van der Waals surface area contributed by atoms with Gasteiger partial charge in [0, 0.05) is 23.7 Å². The number of likely N-dealkylation sites (N-methyl/N-ethyl adjacent to an activating group) is 1. The third kappa shape index (κ3) is 2.21. The number of nitrogens with zero attached hydrogens (tertiary/aromatic N) is 1. The lowest BCUT2D eigenvalue weighted by atomic mass is 9.79. The summed E-state index contributed by atoms with van der Waals surface area (Å²) in [5, 5.41) is 0. The van der Waals surface area contributed by atoms with E-state index < -0.39 is 0 Å². The molecule has 2 nitrogen and oxygen atoms in total. The summed E-state index contributed by atoms with van der Waals surface area (Å²) in [4.78, 5) is 14.8. The first-order valence-corrected chi connectivity index (χ1v) is 8.23. The van der Waals surface area contributed by atoms with Crippen molar-refractivity contribution >= 4 is 11.6 Å². The molecule has 1 aliphatic carbocycles. The van der Waals surface area contributed by atoms with E-state index in [0.717, 1.165) is 24.1 Å². The number of hydrogen-bond donors (Lipinski definition) is 0. The maximum Gasteiger partial charge on any atom is 0.253 e. The summed E-state index contributed by atoms with van der Waals surface area (Å²) in [5.74, 6) is 0.457. The van der Waals surface area contributed by atoms with Crippen LogP contribution in [0.1, 0.15) is 24.5 Å². The Morgan fingerprint density at radius 3 is 2.52 bits per heavy atom. The van der Waals surface area contributed by atoms with Gasteiger partial charge in [0.25, 0.3) is 5.91 Å². The Morgan fingerprint density at radius 2 is 1.74 bits per heavy atom. The molecule has 2 atom stereocenters. The van der Waals surface area contributed by atoms with Crippen LogP contribution in [0.3, 0.4) is 0 Å². The van der Waals surface area contributed by atoms with Crippen LogP contribution in [0.15, 0.2) is 66.2 Å². The first-order chi connectivity index (χ1) is 11.1. The van der Waals surface area contributed by atoms with Gasteiger partial charge in [-0.25, -0.2) is 0 Å². The van der Waals surface area contributed by atoms with Gasteiger partial charge in [-0.1, -0.05) is 61.5 Å². The summed E-state index contributed by atoms with van der Waals surface area (Å²) < 4.78 is 0. The lowest BCUT2D eigenvalue weighted by molar-refractivity contribution is -0.115.